The lowest BCUT2D eigenvalue weighted by Crippen LogP contribution is -2.26. The lowest BCUT2D eigenvalue weighted by molar-refractivity contribution is 0.0950. The van der Waals surface area contributed by atoms with E-state index in [9.17, 15) is 13.2 Å². The third-order valence-corrected chi connectivity index (χ3v) is 6.17. The Bertz CT molecular complexity index is 1110. The van der Waals surface area contributed by atoms with Crippen molar-refractivity contribution in [1.82, 2.24) is 10.0 Å². The molecule has 0 fully saturated rings. The first kappa shape index (κ1) is 20.8. The first-order valence-corrected chi connectivity index (χ1v) is 10.8. The van der Waals surface area contributed by atoms with E-state index in [0.29, 0.717) is 17.7 Å². The van der Waals surface area contributed by atoms with E-state index in [1.54, 1.807) is 13.0 Å². The molecule has 0 aromatic heterocycles. The van der Waals surface area contributed by atoms with Gasteiger partial charge in [-0.25, -0.2) is 13.1 Å². The summed E-state index contributed by atoms with van der Waals surface area (Å²) < 4.78 is 27.9. The van der Waals surface area contributed by atoms with Crippen LogP contribution in [0.3, 0.4) is 0 Å². The lowest BCUT2D eigenvalue weighted by atomic mass is 10.1. The number of nitrogens with one attached hydrogen (secondary N) is 2. The molecular weight excluding hydrogens is 384 g/mol. The van der Waals surface area contributed by atoms with Crippen molar-refractivity contribution in [2.45, 2.75) is 31.8 Å². The van der Waals surface area contributed by atoms with E-state index in [1.807, 2.05) is 61.5 Å². The lowest BCUT2D eigenvalue weighted by Gasteiger charge is -2.12. The number of rotatable bonds is 7. The number of aryl methyl sites for hydroxylation is 2. The van der Waals surface area contributed by atoms with Crippen LogP contribution in [0.25, 0.3) is 0 Å². The van der Waals surface area contributed by atoms with Crippen LogP contribution in [0.5, 0.6) is 0 Å². The summed E-state index contributed by atoms with van der Waals surface area (Å²) >= 11 is 0. The average molecular weight is 409 g/mol. The standard InChI is InChI=1S/C23H24N2O3S/c1-17-8-6-7-11-20(17)16-24-23(26)22-14-21(13-12-18(22)2)29(27,28)25-15-19-9-4-3-5-10-19/h3-14,25H,15-16H2,1-2H3,(H,24,26). The molecule has 150 valence electrons. The molecule has 0 aliphatic carbocycles. The Kier molecular flexibility index (Phi) is 6.46. The van der Waals surface area contributed by atoms with Crippen molar-refractivity contribution >= 4 is 15.9 Å². The second-order valence-electron chi connectivity index (χ2n) is 6.90. The third-order valence-electron chi connectivity index (χ3n) is 4.77. The van der Waals surface area contributed by atoms with Crippen LogP contribution < -0.4 is 10.0 Å². The molecule has 3 aromatic rings. The normalized spacial score (nSPS) is 11.2. The predicted octanol–water partition coefficient (Wildman–Crippen LogP) is 3.71. The molecule has 0 heterocycles. The Morgan fingerprint density at radius 3 is 2.24 bits per heavy atom. The van der Waals surface area contributed by atoms with E-state index >= 15 is 0 Å². The highest BCUT2D eigenvalue weighted by atomic mass is 32.2. The Labute approximate surface area is 171 Å². The van der Waals surface area contributed by atoms with Crippen molar-refractivity contribution in [2.75, 3.05) is 0 Å². The predicted molar refractivity (Wildman–Crippen MR) is 114 cm³/mol. The molecule has 0 bridgehead atoms. The Morgan fingerprint density at radius 1 is 0.828 bits per heavy atom. The van der Waals surface area contributed by atoms with Crippen LogP contribution in [0.2, 0.25) is 0 Å². The molecule has 0 radical (unpaired) electrons. The zero-order valence-electron chi connectivity index (χ0n) is 16.5. The molecular formula is C23H24N2O3S. The van der Waals surface area contributed by atoms with Crippen molar-refractivity contribution in [3.8, 4) is 0 Å². The minimum absolute atomic E-state index is 0.0695. The number of amides is 1. The van der Waals surface area contributed by atoms with Gasteiger partial charge in [-0.1, -0.05) is 60.7 Å². The fourth-order valence-corrected chi connectivity index (χ4v) is 3.99. The molecule has 2 N–H and O–H groups in total. The first-order valence-electron chi connectivity index (χ1n) is 9.34. The summed E-state index contributed by atoms with van der Waals surface area (Å²) in [4.78, 5) is 12.8. The third kappa shape index (κ3) is 5.31. The summed E-state index contributed by atoms with van der Waals surface area (Å²) in [6.07, 6.45) is 0. The summed E-state index contributed by atoms with van der Waals surface area (Å²) in [5.41, 5.74) is 4.03. The van der Waals surface area contributed by atoms with Gasteiger partial charge in [-0.3, -0.25) is 4.79 Å². The Hall–Kier alpha value is -2.96. The van der Waals surface area contributed by atoms with Gasteiger partial charge in [-0.15, -0.1) is 0 Å². The number of hydrogen-bond donors (Lipinski definition) is 2. The highest BCUT2D eigenvalue weighted by molar-refractivity contribution is 7.89. The quantitative estimate of drug-likeness (QED) is 0.626. The fraction of sp³-hybridized carbons (Fsp3) is 0.174. The van der Waals surface area contributed by atoms with Crippen LogP contribution in [0, 0.1) is 13.8 Å². The van der Waals surface area contributed by atoms with Crippen molar-refractivity contribution in [2.24, 2.45) is 0 Å². The van der Waals surface area contributed by atoms with E-state index < -0.39 is 10.0 Å². The minimum Gasteiger partial charge on any atom is -0.348 e. The maximum absolute atomic E-state index is 12.7. The highest BCUT2D eigenvalue weighted by Gasteiger charge is 2.18. The number of benzene rings is 3. The molecule has 0 aliphatic rings. The Balaban J connectivity index is 1.74. The largest absolute Gasteiger partial charge is 0.348 e. The molecule has 1 amide bonds. The van der Waals surface area contributed by atoms with Crippen molar-refractivity contribution in [1.29, 1.82) is 0 Å². The summed E-state index contributed by atoms with van der Waals surface area (Å²) in [5.74, 6) is -0.300. The first-order chi connectivity index (χ1) is 13.9. The van der Waals surface area contributed by atoms with Gasteiger partial charge >= 0.3 is 0 Å². The molecule has 5 nitrogen and oxygen atoms in total. The van der Waals surface area contributed by atoms with E-state index in [0.717, 1.165) is 16.7 Å². The summed E-state index contributed by atoms with van der Waals surface area (Å²) in [7, 11) is -3.74. The average Bonchev–Trinajstić information content (AvgIpc) is 2.72. The Morgan fingerprint density at radius 2 is 1.52 bits per heavy atom. The van der Waals surface area contributed by atoms with Crippen molar-refractivity contribution < 1.29 is 13.2 Å². The van der Waals surface area contributed by atoms with Gasteiger partial charge < -0.3 is 5.32 Å². The zero-order chi connectivity index (χ0) is 20.9. The van der Waals surface area contributed by atoms with Crippen LogP contribution in [0.15, 0.2) is 77.7 Å². The number of sulfonamides is 1. The van der Waals surface area contributed by atoms with Gasteiger partial charge in [0, 0.05) is 18.7 Å². The van der Waals surface area contributed by atoms with Crippen LogP contribution in [-0.4, -0.2) is 14.3 Å². The SMILES string of the molecule is Cc1ccccc1CNC(=O)c1cc(S(=O)(=O)NCc2ccccc2)ccc1C. The van der Waals surface area contributed by atoms with Gasteiger partial charge in [0.15, 0.2) is 0 Å². The second-order valence-corrected chi connectivity index (χ2v) is 8.66. The molecule has 3 aromatic carbocycles. The summed E-state index contributed by atoms with van der Waals surface area (Å²) in [6, 6.07) is 21.7. The van der Waals surface area contributed by atoms with Gasteiger partial charge in [0.25, 0.3) is 5.91 Å². The van der Waals surface area contributed by atoms with E-state index in [2.05, 4.69) is 10.0 Å². The molecule has 0 unspecified atom stereocenters. The molecule has 29 heavy (non-hydrogen) atoms. The van der Waals surface area contributed by atoms with Gasteiger partial charge in [0.05, 0.1) is 4.90 Å². The van der Waals surface area contributed by atoms with Gasteiger partial charge in [-0.2, -0.15) is 0 Å². The van der Waals surface area contributed by atoms with Crippen LogP contribution in [0.1, 0.15) is 32.6 Å². The van der Waals surface area contributed by atoms with Crippen molar-refractivity contribution in [3.05, 3.63) is 101 Å². The minimum atomic E-state index is -3.74. The molecule has 0 aliphatic heterocycles. The molecule has 0 atom stereocenters. The monoisotopic (exact) mass is 408 g/mol. The maximum Gasteiger partial charge on any atom is 0.251 e. The van der Waals surface area contributed by atoms with Gasteiger partial charge in [0.1, 0.15) is 0 Å². The maximum atomic E-state index is 12.7. The fourth-order valence-electron chi connectivity index (χ4n) is 2.95. The van der Waals surface area contributed by atoms with E-state index in [4.69, 9.17) is 0 Å². The number of carbonyl (C=O) groups is 1. The summed E-state index contributed by atoms with van der Waals surface area (Å²) in [5, 5.41) is 2.88. The highest BCUT2D eigenvalue weighted by Crippen LogP contribution is 2.17. The molecule has 0 spiro atoms. The number of hydrogen-bond acceptors (Lipinski definition) is 3. The van der Waals surface area contributed by atoms with Crippen LogP contribution >= 0.6 is 0 Å². The number of carbonyl (C=O) groups excluding carboxylic acids is 1. The second kappa shape index (κ2) is 9.03. The molecule has 3 rings (SSSR count). The van der Waals surface area contributed by atoms with Crippen LogP contribution in [-0.2, 0) is 23.1 Å². The topological polar surface area (TPSA) is 75.3 Å². The molecule has 0 saturated carbocycles. The van der Waals surface area contributed by atoms with Crippen molar-refractivity contribution in [3.63, 3.8) is 0 Å². The van der Waals surface area contributed by atoms with Gasteiger partial charge in [0.2, 0.25) is 10.0 Å². The van der Waals surface area contributed by atoms with E-state index in [1.165, 1.54) is 12.1 Å². The summed E-state index contributed by atoms with van der Waals surface area (Å²) in [6.45, 7) is 4.34. The van der Waals surface area contributed by atoms with Crippen LogP contribution in [0.4, 0.5) is 0 Å². The van der Waals surface area contributed by atoms with E-state index in [-0.39, 0.29) is 17.3 Å². The molecule has 0 saturated heterocycles. The smallest absolute Gasteiger partial charge is 0.251 e. The zero-order valence-corrected chi connectivity index (χ0v) is 17.3. The van der Waals surface area contributed by atoms with Gasteiger partial charge in [-0.05, 0) is 48.2 Å². The molecule has 6 heteroatoms.